The molecular weight excluding hydrogens is 462 g/mol. The van der Waals surface area contributed by atoms with Crippen LogP contribution in [0, 0.1) is 0 Å². The van der Waals surface area contributed by atoms with Gasteiger partial charge in [-0.25, -0.2) is 0 Å². The normalized spacial score (nSPS) is 18.3. The van der Waals surface area contributed by atoms with E-state index < -0.39 is 35.8 Å². The Labute approximate surface area is 211 Å². The first-order chi connectivity index (χ1) is 16.1. The molecule has 1 aliphatic heterocycles. The fraction of sp³-hybridized carbons (Fsp3) is 0.773. The van der Waals surface area contributed by atoms with Gasteiger partial charge in [-0.2, -0.15) is 11.8 Å². The molecule has 1 aliphatic rings. The summed E-state index contributed by atoms with van der Waals surface area (Å²) >= 11 is 1.56. The number of ether oxygens (including phenoxy) is 1. The molecule has 11 nitrogen and oxygen atoms in total. The molecule has 0 aliphatic carbocycles. The van der Waals surface area contributed by atoms with Crippen molar-refractivity contribution in [2.24, 2.45) is 0 Å². The average Bonchev–Trinajstić information content (AvgIpc) is 3.32. The van der Waals surface area contributed by atoms with Gasteiger partial charge in [0.15, 0.2) is 0 Å². The highest BCUT2D eigenvalue weighted by Crippen LogP contribution is 2.22. The van der Waals surface area contributed by atoms with Crippen molar-refractivity contribution in [3.63, 3.8) is 0 Å². The highest BCUT2D eigenvalue weighted by atomic mass is 32.2. The second kappa shape index (κ2) is 15.5. The minimum Gasteiger partial charge on any atom is -0.468 e. The molecule has 1 rings (SSSR count). The maximum absolute atomic E-state index is 13.0. The van der Waals surface area contributed by atoms with Gasteiger partial charge in [0.1, 0.15) is 18.6 Å². The van der Waals surface area contributed by atoms with E-state index in [9.17, 15) is 24.0 Å². The molecule has 0 aromatic rings. The molecule has 4 atom stereocenters. The zero-order chi connectivity index (χ0) is 25.7. The maximum atomic E-state index is 13.0. The van der Waals surface area contributed by atoms with Gasteiger partial charge >= 0.3 is 5.97 Å². The van der Waals surface area contributed by atoms with E-state index in [0.717, 1.165) is 25.8 Å². The van der Waals surface area contributed by atoms with Crippen LogP contribution in [-0.4, -0.2) is 97.4 Å². The van der Waals surface area contributed by atoms with E-state index in [-0.39, 0.29) is 36.8 Å². The van der Waals surface area contributed by atoms with Gasteiger partial charge in [0.2, 0.25) is 23.6 Å². The SMILES string of the molecule is CCC(C)N1CCC[C@H]1C(=O)N[C@@H](CCSC)C(=O)N[C@@H](C)C(=O)NCC(=O)NCC(=O)OC.[HH].[HH].[HH].[HH]. The van der Waals surface area contributed by atoms with Crippen molar-refractivity contribution in [1.29, 1.82) is 0 Å². The lowest BCUT2D eigenvalue weighted by Crippen LogP contribution is -2.56. The van der Waals surface area contributed by atoms with Gasteiger partial charge < -0.3 is 26.0 Å². The number of carbonyl (C=O) groups is 5. The fourth-order valence-corrected chi connectivity index (χ4v) is 4.08. The van der Waals surface area contributed by atoms with Gasteiger partial charge in [-0.3, -0.25) is 28.9 Å². The number of carbonyl (C=O) groups excluding carboxylic acids is 5. The number of rotatable bonds is 14. The number of esters is 1. The zero-order valence-corrected chi connectivity index (χ0v) is 21.6. The van der Waals surface area contributed by atoms with Crippen molar-refractivity contribution < 1.29 is 34.4 Å². The van der Waals surface area contributed by atoms with E-state index in [1.54, 1.807) is 11.8 Å². The Hall–Kier alpha value is -2.34. The van der Waals surface area contributed by atoms with Crippen LogP contribution in [0.15, 0.2) is 0 Å². The molecule has 0 spiro atoms. The molecule has 1 heterocycles. The number of hydrogen-bond acceptors (Lipinski definition) is 8. The first-order valence-electron chi connectivity index (χ1n) is 11.6. The predicted molar refractivity (Wildman–Crippen MR) is 139 cm³/mol. The average molecular weight is 510 g/mol. The number of thioether (sulfide) groups is 1. The molecule has 1 unspecified atom stereocenters. The van der Waals surface area contributed by atoms with Gasteiger partial charge in [0.05, 0.1) is 19.7 Å². The van der Waals surface area contributed by atoms with Crippen molar-refractivity contribution in [2.45, 2.75) is 70.6 Å². The largest absolute Gasteiger partial charge is 0.468 e. The number of amides is 4. The van der Waals surface area contributed by atoms with Crippen molar-refractivity contribution in [3.8, 4) is 0 Å². The molecule has 1 saturated heterocycles. The Morgan fingerprint density at radius 2 is 1.79 bits per heavy atom. The zero-order valence-electron chi connectivity index (χ0n) is 20.8. The monoisotopic (exact) mass is 509 g/mol. The molecule has 0 saturated carbocycles. The lowest BCUT2D eigenvalue weighted by Gasteiger charge is -2.30. The van der Waals surface area contributed by atoms with E-state index in [2.05, 4.69) is 44.8 Å². The van der Waals surface area contributed by atoms with Gasteiger partial charge in [0.25, 0.3) is 0 Å². The van der Waals surface area contributed by atoms with Gasteiger partial charge in [-0.05, 0) is 58.1 Å². The van der Waals surface area contributed by atoms with Crippen molar-refractivity contribution in [1.82, 2.24) is 26.2 Å². The summed E-state index contributed by atoms with van der Waals surface area (Å²) in [7, 11) is 1.20. The van der Waals surface area contributed by atoms with E-state index in [1.165, 1.54) is 14.0 Å². The Balaban J connectivity index is -0.00000144. The standard InChI is InChI=1S/C22H39N5O6S.4H2/c1-6-14(2)27-10-7-8-17(27)22(32)26-16(9-11-34-5)21(31)25-15(3)20(30)24-12-18(28)23-13-19(29)33-4;;;;/h14-17H,6-13H2,1-5H3,(H,23,28)(H,24,30)(H,25,31)(H,26,32);4*1H/t14?,15-,16-,17-;;;;/m0..../s1. The van der Waals surface area contributed by atoms with Crippen LogP contribution in [0.4, 0.5) is 0 Å². The van der Waals surface area contributed by atoms with Crippen LogP contribution in [0.25, 0.3) is 0 Å². The van der Waals surface area contributed by atoms with Gasteiger partial charge in [-0.15, -0.1) is 0 Å². The van der Waals surface area contributed by atoms with Crippen LogP contribution < -0.4 is 21.3 Å². The summed E-state index contributed by atoms with van der Waals surface area (Å²) in [6, 6.07) is -1.66. The summed E-state index contributed by atoms with van der Waals surface area (Å²) in [5, 5.41) is 10.2. The van der Waals surface area contributed by atoms with Gasteiger partial charge in [-0.1, -0.05) is 6.92 Å². The summed E-state index contributed by atoms with van der Waals surface area (Å²) in [6.45, 7) is 5.88. The Morgan fingerprint density at radius 1 is 1.09 bits per heavy atom. The summed E-state index contributed by atoms with van der Waals surface area (Å²) in [4.78, 5) is 63.1. The van der Waals surface area contributed by atoms with Crippen LogP contribution in [-0.2, 0) is 28.7 Å². The summed E-state index contributed by atoms with van der Waals surface area (Å²) < 4.78 is 4.42. The molecule has 4 N–H and O–H groups in total. The molecule has 0 aromatic carbocycles. The summed E-state index contributed by atoms with van der Waals surface area (Å²) in [6.07, 6.45) is 4.98. The number of hydrogen-bond donors (Lipinski definition) is 4. The van der Waals surface area contributed by atoms with Crippen LogP contribution in [0.5, 0.6) is 0 Å². The lowest BCUT2D eigenvalue weighted by molar-refractivity contribution is -0.141. The second-order valence-electron chi connectivity index (χ2n) is 8.30. The third kappa shape index (κ3) is 9.88. The Kier molecular flexibility index (Phi) is 13.6. The summed E-state index contributed by atoms with van der Waals surface area (Å²) in [5.74, 6) is -1.69. The van der Waals surface area contributed by atoms with Crippen LogP contribution in [0.1, 0.15) is 52.2 Å². The molecule has 34 heavy (non-hydrogen) atoms. The van der Waals surface area contributed by atoms with Crippen LogP contribution in [0.3, 0.4) is 0 Å². The third-order valence-corrected chi connectivity index (χ3v) is 6.47. The third-order valence-electron chi connectivity index (χ3n) is 5.83. The number of nitrogens with zero attached hydrogens (tertiary/aromatic N) is 1. The second-order valence-corrected chi connectivity index (χ2v) is 9.28. The lowest BCUT2D eigenvalue weighted by atomic mass is 10.1. The molecule has 0 radical (unpaired) electrons. The molecule has 0 aromatic heterocycles. The minimum absolute atomic E-state index is 0. The van der Waals surface area contributed by atoms with E-state index in [1.807, 2.05) is 6.26 Å². The quantitative estimate of drug-likeness (QED) is 0.246. The summed E-state index contributed by atoms with van der Waals surface area (Å²) in [5.41, 5.74) is 0. The highest BCUT2D eigenvalue weighted by Gasteiger charge is 2.35. The molecular formula is C22H47N5O6S. The maximum Gasteiger partial charge on any atom is 0.325 e. The number of methoxy groups -OCH3 is 1. The van der Waals surface area contributed by atoms with Crippen molar-refractivity contribution >= 4 is 41.4 Å². The first-order valence-corrected chi connectivity index (χ1v) is 13.0. The predicted octanol–water partition coefficient (Wildman–Crippen LogP) is 0.381. The highest BCUT2D eigenvalue weighted by molar-refractivity contribution is 7.98. The van der Waals surface area contributed by atoms with Crippen molar-refractivity contribution in [3.05, 3.63) is 0 Å². The topological polar surface area (TPSA) is 146 Å². The molecule has 0 bridgehead atoms. The number of nitrogens with one attached hydrogen (secondary N) is 4. The first kappa shape index (κ1) is 29.7. The smallest absolute Gasteiger partial charge is 0.325 e. The molecule has 12 heteroatoms. The molecule has 1 fully saturated rings. The Bertz CT molecular complexity index is 740. The number of likely N-dealkylation sites (tertiary alicyclic amines) is 1. The van der Waals surface area contributed by atoms with Crippen LogP contribution in [0.2, 0.25) is 0 Å². The molecule has 4 amide bonds. The van der Waals surface area contributed by atoms with E-state index >= 15 is 0 Å². The fourth-order valence-electron chi connectivity index (χ4n) is 3.61. The van der Waals surface area contributed by atoms with Crippen LogP contribution >= 0.6 is 11.8 Å². The van der Waals surface area contributed by atoms with Crippen molar-refractivity contribution in [2.75, 3.05) is 38.8 Å². The minimum atomic E-state index is -0.919. The van der Waals surface area contributed by atoms with E-state index in [4.69, 9.17) is 0 Å². The van der Waals surface area contributed by atoms with Gasteiger partial charge in [0, 0.05) is 11.7 Å². The van der Waals surface area contributed by atoms with E-state index in [0.29, 0.717) is 12.2 Å². The molecule has 202 valence electrons. The Morgan fingerprint density at radius 3 is 2.41 bits per heavy atom.